The first-order chi connectivity index (χ1) is 14.1. The van der Waals surface area contributed by atoms with Gasteiger partial charge in [-0.15, -0.1) is 0 Å². The molecule has 0 bridgehead atoms. The minimum Gasteiger partial charge on any atom is -0.335 e. The Morgan fingerprint density at radius 2 is 1.57 bits per heavy atom. The third-order valence-electron chi connectivity index (χ3n) is 6.25. The monoisotopic (exact) mass is 436 g/mol. The topological polar surface area (TPSA) is 73.0 Å². The molecular weight excluding hydrogens is 400 g/mol. The third kappa shape index (κ3) is 5.34. The van der Waals surface area contributed by atoms with Crippen molar-refractivity contribution >= 4 is 16.1 Å². The van der Waals surface area contributed by atoms with Crippen LogP contribution in [0.25, 0.3) is 0 Å². The van der Waals surface area contributed by atoms with E-state index in [0.717, 1.165) is 38.0 Å². The van der Waals surface area contributed by atoms with Crippen LogP contribution < -0.4 is 5.32 Å². The summed E-state index contributed by atoms with van der Waals surface area (Å²) >= 11 is 0. The van der Waals surface area contributed by atoms with Gasteiger partial charge in [-0.25, -0.2) is 13.2 Å². The van der Waals surface area contributed by atoms with Crippen molar-refractivity contribution in [1.82, 2.24) is 19.4 Å². The maximum Gasteiger partial charge on any atom is 0.317 e. The summed E-state index contributed by atoms with van der Waals surface area (Å²) in [4.78, 5) is 17.1. The Bertz CT molecular complexity index is 817. The number of urea groups is 1. The van der Waals surface area contributed by atoms with Crippen LogP contribution in [-0.2, 0) is 15.4 Å². The molecule has 7 nitrogen and oxygen atoms in total. The van der Waals surface area contributed by atoms with E-state index in [9.17, 15) is 13.2 Å². The van der Waals surface area contributed by atoms with E-state index in [1.54, 1.807) is 17.0 Å². The first-order valence-corrected chi connectivity index (χ1v) is 12.4. The number of piperidine rings is 1. The molecule has 1 aromatic rings. The maximum atomic E-state index is 13.0. The first-order valence-electron chi connectivity index (χ1n) is 11.0. The van der Waals surface area contributed by atoms with E-state index in [1.165, 1.54) is 4.31 Å². The molecule has 0 saturated carbocycles. The average molecular weight is 437 g/mol. The molecule has 168 valence electrons. The van der Waals surface area contributed by atoms with Gasteiger partial charge in [-0.1, -0.05) is 39.8 Å². The van der Waals surface area contributed by atoms with Crippen molar-refractivity contribution in [3.63, 3.8) is 0 Å². The van der Waals surface area contributed by atoms with Gasteiger partial charge in [-0.05, 0) is 42.5 Å². The Labute approximate surface area is 181 Å². The zero-order chi connectivity index (χ0) is 21.9. The molecule has 2 heterocycles. The van der Waals surface area contributed by atoms with Crippen molar-refractivity contribution in [1.29, 1.82) is 0 Å². The number of nitrogens with one attached hydrogen (secondary N) is 1. The molecule has 1 aromatic carbocycles. The normalized spacial score (nSPS) is 20.3. The van der Waals surface area contributed by atoms with Gasteiger partial charge in [0.2, 0.25) is 10.0 Å². The molecule has 0 spiro atoms. The number of rotatable bonds is 4. The fourth-order valence-electron chi connectivity index (χ4n) is 4.07. The van der Waals surface area contributed by atoms with Gasteiger partial charge in [0, 0.05) is 45.3 Å². The van der Waals surface area contributed by atoms with Gasteiger partial charge >= 0.3 is 6.03 Å². The van der Waals surface area contributed by atoms with E-state index >= 15 is 0 Å². The number of carbonyl (C=O) groups excluding carboxylic acids is 1. The van der Waals surface area contributed by atoms with Crippen molar-refractivity contribution in [3.8, 4) is 0 Å². The zero-order valence-electron chi connectivity index (χ0n) is 18.7. The lowest BCUT2D eigenvalue weighted by Crippen LogP contribution is -2.55. The van der Waals surface area contributed by atoms with E-state index in [1.807, 2.05) is 12.1 Å². The van der Waals surface area contributed by atoms with Crippen molar-refractivity contribution < 1.29 is 13.2 Å². The SMILES string of the molecule is CCN1CCC(NC(=O)N2CCN(S(=O)(=O)c3ccc(C(C)(C)C)cc3)CC2)CC1. The van der Waals surface area contributed by atoms with Crippen molar-refractivity contribution in [2.24, 2.45) is 0 Å². The second-order valence-corrected chi connectivity index (χ2v) is 11.3. The lowest BCUT2D eigenvalue weighted by Gasteiger charge is -2.36. The number of carbonyl (C=O) groups is 1. The van der Waals surface area contributed by atoms with Crippen LogP contribution >= 0.6 is 0 Å². The molecule has 1 N–H and O–H groups in total. The summed E-state index contributed by atoms with van der Waals surface area (Å²) in [5, 5.41) is 3.13. The van der Waals surface area contributed by atoms with Gasteiger partial charge in [0.05, 0.1) is 4.90 Å². The molecule has 8 heteroatoms. The van der Waals surface area contributed by atoms with Gasteiger partial charge in [0.1, 0.15) is 0 Å². The van der Waals surface area contributed by atoms with Gasteiger partial charge in [-0.3, -0.25) is 0 Å². The molecular formula is C22H36N4O3S. The Balaban J connectivity index is 1.53. The number of amides is 2. The van der Waals surface area contributed by atoms with Crippen LogP contribution in [0.15, 0.2) is 29.2 Å². The van der Waals surface area contributed by atoms with E-state index in [-0.39, 0.29) is 17.5 Å². The largest absolute Gasteiger partial charge is 0.335 e. The molecule has 0 aromatic heterocycles. The molecule has 2 fully saturated rings. The summed E-state index contributed by atoms with van der Waals surface area (Å²) in [6.45, 7) is 13.0. The zero-order valence-corrected chi connectivity index (χ0v) is 19.5. The highest BCUT2D eigenvalue weighted by atomic mass is 32.2. The molecule has 0 aliphatic carbocycles. The molecule has 2 aliphatic heterocycles. The summed E-state index contributed by atoms with van der Waals surface area (Å²) in [6, 6.07) is 7.30. The van der Waals surface area contributed by atoms with E-state index in [4.69, 9.17) is 0 Å². The number of hydrogen-bond donors (Lipinski definition) is 1. The fourth-order valence-corrected chi connectivity index (χ4v) is 5.49. The highest BCUT2D eigenvalue weighted by molar-refractivity contribution is 7.89. The Hall–Kier alpha value is -1.64. The molecule has 0 radical (unpaired) electrons. The van der Waals surface area contributed by atoms with Crippen LogP contribution in [-0.4, -0.2) is 80.4 Å². The van der Waals surface area contributed by atoms with Crippen LogP contribution in [0.1, 0.15) is 46.1 Å². The maximum absolute atomic E-state index is 13.0. The molecule has 3 rings (SSSR count). The summed E-state index contributed by atoms with van der Waals surface area (Å²) in [7, 11) is -3.54. The van der Waals surface area contributed by atoms with E-state index < -0.39 is 10.0 Å². The Morgan fingerprint density at radius 1 is 1.00 bits per heavy atom. The third-order valence-corrected chi connectivity index (χ3v) is 8.16. The van der Waals surface area contributed by atoms with Crippen LogP contribution in [0.4, 0.5) is 4.79 Å². The highest BCUT2D eigenvalue weighted by Crippen LogP contribution is 2.25. The molecule has 0 atom stereocenters. The molecule has 0 unspecified atom stereocenters. The number of sulfonamides is 1. The van der Waals surface area contributed by atoms with Crippen molar-refractivity contribution in [2.75, 3.05) is 45.8 Å². The predicted octanol–water partition coefficient (Wildman–Crippen LogP) is 2.48. The fraction of sp³-hybridized carbons (Fsp3) is 0.682. The minimum absolute atomic E-state index is 0.0194. The van der Waals surface area contributed by atoms with Crippen LogP contribution in [0.5, 0.6) is 0 Å². The Morgan fingerprint density at radius 3 is 2.07 bits per heavy atom. The lowest BCUT2D eigenvalue weighted by atomic mass is 9.87. The molecule has 2 aliphatic rings. The van der Waals surface area contributed by atoms with Gasteiger partial charge < -0.3 is 15.1 Å². The Kier molecular flexibility index (Phi) is 7.09. The van der Waals surface area contributed by atoms with E-state index in [2.05, 4.69) is 37.9 Å². The van der Waals surface area contributed by atoms with E-state index in [0.29, 0.717) is 31.1 Å². The number of nitrogens with zero attached hydrogens (tertiary/aromatic N) is 3. The second kappa shape index (κ2) is 9.24. The van der Waals surface area contributed by atoms with Gasteiger partial charge in [0.25, 0.3) is 0 Å². The minimum atomic E-state index is -3.54. The van der Waals surface area contributed by atoms with Crippen molar-refractivity contribution in [3.05, 3.63) is 29.8 Å². The number of piperazine rings is 1. The van der Waals surface area contributed by atoms with Crippen molar-refractivity contribution in [2.45, 2.75) is 56.9 Å². The summed E-state index contributed by atoms with van der Waals surface area (Å²) < 4.78 is 27.5. The molecule has 2 saturated heterocycles. The number of likely N-dealkylation sites (tertiary alicyclic amines) is 1. The summed E-state index contributed by atoms with van der Waals surface area (Å²) in [6.07, 6.45) is 1.94. The number of benzene rings is 1. The molecule has 2 amide bonds. The molecule has 30 heavy (non-hydrogen) atoms. The van der Waals surface area contributed by atoms with Gasteiger partial charge in [-0.2, -0.15) is 4.31 Å². The van der Waals surface area contributed by atoms with Crippen LogP contribution in [0.3, 0.4) is 0 Å². The van der Waals surface area contributed by atoms with Crippen LogP contribution in [0, 0.1) is 0 Å². The second-order valence-electron chi connectivity index (χ2n) is 9.32. The standard InChI is InChI=1S/C22H36N4O3S/c1-5-24-12-10-19(11-13-24)23-21(27)25-14-16-26(17-15-25)30(28,29)20-8-6-18(7-9-20)22(2,3)4/h6-9,19H,5,10-17H2,1-4H3,(H,23,27). The highest BCUT2D eigenvalue weighted by Gasteiger charge is 2.31. The predicted molar refractivity (Wildman–Crippen MR) is 119 cm³/mol. The average Bonchev–Trinajstić information content (AvgIpc) is 2.74. The first kappa shape index (κ1) is 23.0. The van der Waals surface area contributed by atoms with Gasteiger partial charge in [0.15, 0.2) is 0 Å². The summed E-state index contributed by atoms with van der Waals surface area (Å²) in [5.41, 5.74) is 1.08. The quantitative estimate of drug-likeness (QED) is 0.787. The summed E-state index contributed by atoms with van der Waals surface area (Å²) in [5.74, 6) is 0. The number of hydrogen-bond acceptors (Lipinski definition) is 4. The lowest BCUT2D eigenvalue weighted by molar-refractivity contribution is 0.157. The van der Waals surface area contributed by atoms with Crippen LogP contribution in [0.2, 0.25) is 0 Å². The smallest absolute Gasteiger partial charge is 0.317 e.